The van der Waals surface area contributed by atoms with E-state index in [1.54, 1.807) is 7.11 Å². The fourth-order valence-electron chi connectivity index (χ4n) is 2.97. The number of guanidine groups is 1. The van der Waals surface area contributed by atoms with Gasteiger partial charge in [0.2, 0.25) is 0 Å². The zero-order chi connectivity index (χ0) is 19.9. The molecule has 0 unspecified atom stereocenters. The van der Waals surface area contributed by atoms with Gasteiger partial charge in [0, 0.05) is 46.3 Å². The Hall–Kier alpha value is -1.83. The van der Waals surface area contributed by atoms with Crippen LogP contribution in [0.15, 0.2) is 29.3 Å². The van der Waals surface area contributed by atoms with E-state index in [1.165, 1.54) is 0 Å². The molecule has 1 fully saturated rings. The van der Waals surface area contributed by atoms with Crippen molar-refractivity contribution >= 4 is 5.96 Å². The van der Waals surface area contributed by atoms with Gasteiger partial charge in [-0.2, -0.15) is 0 Å². The molecule has 2 N–H and O–H groups in total. The van der Waals surface area contributed by atoms with Crippen LogP contribution in [0.4, 0.5) is 0 Å². The second kappa shape index (κ2) is 14.2. The van der Waals surface area contributed by atoms with E-state index in [-0.39, 0.29) is 0 Å². The molecule has 1 aromatic carbocycles. The summed E-state index contributed by atoms with van der Waals surface area (Å²) in [4.78, 5) is 7.16. The number of ether oxygens (including phenoxy) is 3. The van der Waals surface area contributed by atoms with Crippen molar-refractivity contribution in [1.29, 1.82) is 0 Å². The number of morpholine rings is 1. The third kappa shape index (κ3) is 9.39. The van der Waals surface area contributed by atoms with Crippen molar-refractivity contribution in [3.8, 4) is 5.75 Å². The van der Waals surface area contributed by atoms with Crippen LogP contribution >= 0.6 is 0 Å². The number of aliphatic imine (C=N–C) groups is 1. The average molecular weight is 393 g/mol. The second-order valence-corrected chi connectivity index (χ2v) is 6.77. The van der Waals surface area contributed by atoms with Gasteiger partial charge in [0.15, 0.2) is 5.96 Å². The molecule has 0 saturated carbocycles. The van der Waals surface area contributed by atoms with Crippen molar-refractivity contribution in [1.82, 2.24) is 15.5 Å². The van der Waals surface area contributed by atoms with Crippen molar-refractivity contribution in [2.75, 3.05) is 66.3 Å². The van der Waals surface area contributed by atoms with Crippen LogP contribution in [-0.4, -0.2) is 77.1 Å². The Morgan fingerprint density at radius 3 is 2.82 bits per heavy atom. The van der Waals surface area contributed by atoms with Crippen LogP contribution < -0.4 is 15.4 Å². The van der Waals surface area contributed by atoms with Crippen molar-refractivity contribution in [3.63, 3.8) is 0 Å². The van der Waals surface area contributed by atoms with Crippen molar-refractivity contribution in [3.05, 3.63) is 29.8 Å². The van der Waals surface area contributed by atoms with Crippen LogP contribution in [0.2, 0.25) is 0 Å². The van der Waals surface area contributed by atoms with Crippen LogP contribution in [0.1, 0.15) is 25.3 Å². The first kappa shape index (κ1) is 22.5. The molecule has 28 heavy (non-hydrogen) atoms. The third-order valence-corrected chi connectivity index (χ3v) is 4.47. The van der Waals surface area contributed by atoms with Crippen LogP contribution in [-0.2, 0) is 16.0 Å². The van der Waals surface area contributed by atoms with E-state index < -0.39 is 0 Å². The first-order valence-corrected chi connectivity index (χ1v) is 10.3. The highest BCUT2D eigenvalue weighted by Gasteiger charge is 2.09. The summed E-state index contributed by atoms with van der Waals surface area (Å²) in [6.07, 6.45) is 1.98. The molecule has 1 aromatic rings. The maximum Gasteiger partial charge on any atom is 0.191 e. The van der Waals surface area contributed by atoms with E-state index in [0.29, 0.717) is 19.8 Å². The minimum absolute atomic E-state index is 0.619. The molecule has 0 bridgehead atoms. The first-order valence-electron chi connectivity index (χ1n) is 10.3. The second-order valence-electron chi connectivity index (χ2n) is 6.77. The van der Waals surface area contributed by atoms with E-state index in [2.05, 4.69) is 34.6 Å². The first-order chi connectivity index (χ1) is 13.8. The summed E-state index contributed by atoms with van der Waals surface area (Å²) >= 11 is 0. The number of hydrogen-bond acceptors (Lipinski definition) is 5. The number of nitrogens with zero attached hydrogens (tertiary/aromatic N) is 2. The predicted octanol–water partition coefficient (Wildman–Crippen LogP) is 1.88. The van der Waals surface area contributed by atoms with E-state index in [0.717, 1.165) is 76.1 Å². The molecule has 2 rings (SSSR count). The number of benzene rings is 1. The highest BCUT2D eigenvalue weighted by Crippen LogP contribution is 2.14. The summed E-state index contributed by atoms with van der Waals surface area (Å²) in [7, 11) is 1.71. The standard InChI is InChI=1S/C21H36N4O3/c1-3-22-21(23-9-5-10-25-11-15-27-16-12-25)24-18-19-7-4-8-20(17-19)28-14-6-13-26-2/h4,7-8,17H,3,5-6,9-16,18H2,1-2H3,(H2,22,23,24). The molecule has 0 aromatic heterocycles. The Bertz CT molecular complexity index is 562. The zero-order valence-electron chi connectivity index (χ0n) is 17.4. The normalized spacial score (nSPS) is 15.4. The average Bonchev–Trinajstić information content (AvgIpc) is 2.73. The summed E-state index contributed by atoms with van der Waals surface area (Å²) in [5.74, 6) is 1.74. The van der Waals surface area contributed by atoms with Gasteiger partial charge in [0.1, 0.15) is 5.75 Å². The van der Waals surface area contributed by atoms with Gasteiger partial charge >= 0.3 is 0 Å². The van der Waals surface area contributed by atoms with Gasteiger partial charge in [0.05, 0.1) is 26.4 Å². The molecule has 158 valence electrons. The van der Waals surface area contributed by atoms with E-state index in [9.17, 15) is 0 Å². The summed E-state index contributed by atoms with van der Waals surface area (Å²) < 4.78 is 16.2. The van der Waals surface area contributed by atoms with E-state index >= 15 is 0 Å². The molecular formula is C21H36N4O3. The Morgan fingerprint density at radius 2 is 2.04 bits per heavy atom. The Kier molecular flexibility index (Phi) is 11.4. The Labute approximate surface area is 169 Å². The summed E-state index contributed by atoms with van der Waals surface area (Å²) in [5.41, 5.74) is 1.13. The van der Waals surface area contributed by atoms with E-state index in [1.807, 2.05) is 12.1 Å². The van der Waals surface area contributed by atoms with Crippen LogP contribution in [0.5, 0.6) is 5.75 Å². The van der Waals surface area contributed by atoms with Crippen molar-refractivity contribution in [2.45, 2.75) is 26.3 Å². The molecular weight excluding hydrogens is 356 g/mol. The van der Waals surface area contributed by atoms with Gasteiger partial charge in [-0.3, -0.25) is 4.90 Å². The Morgan fingerprint density at radius 1 is 1.18 bits per heavy atom. The van der Waals surface area contributed by atoms with Gasteiger partial charge < -0.3 is 24.8 Å². The van der Waals surface area contributed by atoms with Crippen LogP contribution in [0.3, 0.4) is 0 Å². The number of methoxy groups -OCH3 is 1. The fraction of sp³-hybridized carbons (Fsp3) is 0.667. The summed E-state index contributed by atoms with van der Waals surface area (Å²) in [6, 6.07) is 8.13. The largest absolute Gasteiger partial charge is 0.493 e. The van der Waals surface area contributed by atoms with Crippen molar-refractivity contribution in [2.24, 2.45) is 4.99 Å². The molecule has 1 aliphatic heterocycles. The van der Waals surface area contributed by atoms with Gasteiger partial charge in [0.25, 0.3) is 0 Å². The van der Waals surface area contributed by atoms with Gasteiger partial charge in [-0.25, -0.2) is 4.99 Å². The van der Waals surface area contributed by atoms with Crippen LogP contribution in [0, 0.1) is 0 Å². The maximum atomic E-state index is 5.77. The molecule has 1 saturated heterocycles. The smallest absolute Gasteiger partial charge is 0.191 e. The molecule has 7 nitrogen and oxygen atoms in total. The Balaban J connectivity index is 1.74. The molecule has 0 atom stereocenters. The molecule has 1 heterocycles. The lowest BCUT2D eigenvalue weighted by atomic mass is 10.2. The lowest BCUT2D eigenvalue weighted by molar-refractivity contribution is 0.0376. The van der Waals surface area contributed by atoms with Crippen LogP contribution in [0.25, 0.3) is 0 Å². The molecule has 0 spiro atoms. The molecule has 7 heteroatoms. The summed E-state index contributed by atoms with van der Waals surface area (Å²) in [5, 5.41) is 6.74. The summed E-state index contributed by atoms with van der Waals surface area (Å²) in [6.45, 7) is 10.7. The van der Waals surface area contributed by atoms with Gasteiger partial charge in [-0.15, -0.1) is 0 Å². The number of rotatable bonds is 12. The molecule has 1 aliphatic rings. The third-order valence-electron chi connectivity index (χ3n) is 4.47. The molecule has 0 radical (unpaired) electrons. The predicted molar refractivity (Wildman–Crippen MR) is 113 cm³/mol. The van der Waals surface area contributed by atoms with Gasteiger partial charge in [-0.1, -0.05) is 12.1 Å². The monoisotopic (exact) mass is 392 g/mol. The minimum Gasteiger partial charge on any atom is -0.493 e. The lowest BCUT2D eigenvalue weighted by Crippen LogP contribution is -2.40. The molecule has 0 aliphatic carbocycles. The molecule has 0 amide bonds. The van der Waals surface area contributed by atoms with E-state index in [4.69, 9.17) is 19.2 Å². The highest BCUT2D eigenvalue weighted by molar-refractivity contribution is 5.79. The maximum absolute atomic E-state index is 5.77. The number of nitrogens with one attached hydrogen (secondary N) is 2. The van der Waals surface area contributed by atoms with Gasteiger partial charge in [-0.05, 0) is 37.6 Å². The van der Waals surface area contributed by atoms with Crippen molar-refractivity contribution < 1.29 is 14.2 Å². The minimum atomic E-state index is 0.619. The number of hydrogen-bond donors (Lipinski definition) is 2. The lowest BCUT2D eigenvalue weighted by Gasteiger charge is -2.26. The quantitative estimate of drug-likeness (QED) is 0.322. The fourth-order valence-corrected chi connectivity index (χ4v) is 2.97. The SMILES string of the molecule is CCNC(=NCc1cccc(OCCCOC)c1)NCCCN1CCOCC1. The topological polar surface area (TPSA) is 67.4 Å². The highest BCUT2D eigenvalue weighted by atomic mass is 16.5. The zero-order valence-corrected chi connectivity index (χ0v) is 17.4.